The Morgan fingerprint density at radius 3 is 1.45 bits per heavy atom. The Balaban J connectivity index is 1.31. The zero-order chi connectivity index (χ0) is 37.9. The summed E-state index contributed by atoms with van der Waals surface area (Å²) in [6, 6.07) is 37.7. The lowest BCUT2D eigenvalue weighted by Crippen LogP contribution is -1.95. The van der Waals surface area contributed by atoms with Crippen LogP contribution in [0.2, 0.25) is 0 Å². The van der Waals surface area contributed by atoms with E-state index in [1.165, 1.54) is 0 Å². The molecule has 0 saturated carbocycles. The van der Waals surface area contributed by atoms with Crippen molar-refractivity contribution in [1.29, 1.82) is 0 Å². The molecule has 0 unspecified atom stereocenters. The van der Waals surface area contributed by atoms with Crippen LogP contribution >= 0.6 is 0 Å². The Hall–Kier alpha value is -7.78. The second-order valence-corrected chi connectivity index (χ2v) is 13.6. The molecule has 55 heavy (non-hydrogen) atoms. The van der Waals surface area contributed by atoms with Gasteiger partial charge in [0.25, 0.3) is 0 Å². The van der Waals surface area contributed by atoms with Gasteiger partial charge in [0.05, 0.1) is 0 Å². The minimum absolute atomic E-state index is 0.0271. The van der Waals surface area contributed by atoms with Crippen LogP contribution in [0.3, 0.4) is 0 Å². The molecule has 0 aliphatic carbocycles. The van der Waals surface area contributed by atoms with Crippen LogP contribution in [0.4, 0.5) is 0 Å². The quantitative estimate of drug-likeness (QED) is 0.0381. The number of phenolic OH excluding ortho intramolecular Hbond substituents is 8. The Morgan fingerprint density at radius 2 is 0.800 bits per heavy atom. The fraction of sp³-hybridized carbons (Fsp3) is 0. The topological polar surface area (TPSA) is 175 Å². The van der Waals surface area contributed by atoms with Crippen LogP contribution in [0.5, 0.6) is 46.0 Å². The highest BCUT2D eigenvalue weighted by atomic mass is 16.4. The molecule has 0 saturated heterocycles. The van der Waals surface area contributed by atoms with Crippen LogP contribution in [-0.4, -0.2) is 40.9 Å². The van der Waals surface area contributed by atoms with Crippen LogP contribution in [0.15, 0.2) is 126 Å². The van der Waals surface area contributed by atoms with Crippen LogP contribution in [0.25, 0.3) is 98.4 Å². The third-order valence-electron chi connectivity index (χ3n) is 10.7. The van der Waals surface area contributed by atoms with Crippen molar-refractivity contribution in [3.63, 3.8) is 0 Å². The highest BCUT2D eigenvalue weighted by Crippen LogP contribution is 2.62. The summed E-state index contributed by atoms with van der Waals surface area (Å²) in [4.78, 5) is 0. The second kappa shape index (κ2) is 11.4. The predicted molar refractivity (Wildman–Crippen MR) is 213 cm³/mol. The summed E-state index contributed by atoms with van der Waals surface area (Å²) in [5.41, 5.74) is 3.23. The monoisotopic (exact) mass is 724 g/mol. The average molecular weight is 725 g/mol. The lowest BCUT2D eigenvalue weighted by Gasteiger charge is -2.23. The Morgan fingerprint density at radius 1 is 0.309 bits per heavy atom. The van der Waals surface area contributed by atoms with E-state index in [2.05, 4.69) is 36.4 Å². The molecule has 0 radical (unpaired) electrons. The van der Waals surface area contributed by atoms with Gasteiger partial charge in [-0.2, -0.15) is 0 Å². The number of aromatic hydroxyl groups is 8. The molecule has 0 aliphatic rings. The van der Waals surface area contributed by atoms with Gasteiger partial charge in [0.15, 0.2) is 23.0 Å². The fourth-order valence-corrected chi connectivity index (χ4v) is 8.18. The molecule has 10 rings (SSSR count). The highest BCUT2D eigenvalue weighted by Gasteiger charge is 2.33. The summed E-state index contributed by atoms with van der Waals surface area (Å²) in [6.45, 7) is 0. The number of para-hydroxylation sites is 1. The van der Waals surface area contributed by atoms with E-state index in [4.69, 9.17) is 4.42 Å². The zero-order valence-corrected chi connectivity index (χ0v) is 28.5. The van der Waals surface area contributed by atoms with Crippen molar-refractivity contribution in [2.45, 2.75) is 0 Å². The lowest BCUT2D eigenvalue weighted by molar-refractivity contribution is 0.350. The van der Waals surface area contributed by atoms with Crippen molar-refractivity contribution in [2.75, 3.05) is 0 Å². The van der Waals surface area contributed by atoms with E-state index >= 15 is 0 Å². The molecule has 10 aromatic rings. The van der Waals surface area contributed by atoms with Gasteiger partial charge >= 0.3 is 0 Å². The summed E-state index contributed by atoms with van der Waals surface area (Å²) in [6.07, 6.45) is 0. The average Bonchev–Trinajstić information content (AvgIpc) is 3.61. The van der Waals surface area contributed by atoms with E-state index in [0.717, 1.165) is 32.7 Å². The first-order chi connectivity index (χ1) is 26.6. The van der Waals surface area contributed by atoms with Gasteiger partial charge in [0.1, 0.15) is 11.2 Å². The molecule has 0 aliphatic heterocycles. The molecular formula is C46H28O9. The number of hydrogen-bond acceptors (Lipinski definition) is 9. The van der Waals surface area contributed by atoms with Crippen LogP contribution in [-0.2, 0) is 0 Å². The van der Waals surface area contributed by atoms with Gasteiger partial charge in [0, 0.05) is 43.4 Å². The summed E-state index contributed by atoms with van der Waals surface area (Å²) < 4.78 is 6.11. The molecule has 0 bridgehead atoms. The fourth-order valence-electron chi connectivity index (χ4n) is 8.18. The van der Waals surface area contributed by atoms with E-state index in [-0.39, 0.29) is 32.7 Å². The van der Waals surface area contributed by atoms with E-state index in [1.54, 1.807) is 48.5 Å². The Labute approximate surface area is 310 Å². The molecule has 1 aromatic heterocycles. The molecule has 9 nitrogen and oxygen atoms in total. The number of benzene rings is 9. The van der Waals surface area contributed by atoms with E-state index in [1.807, 2.05) is 36.4 Å². The van der Waals surface area contributed by atoms with Crippen LogP contribution in [0, 0.1) is 0 Å². The van der Waals surface area contributed by atoms with Crippen molar-refractivity contribution < 1.29 is 45.3 Å². The first kappa shape index (κ1) is 31.9. The second-order valence-electron chi connectivity index (χ2n) is 13.6. The summed E-state index contributed by atoms with van der Waals surface area (Å²) in [7, 11) is 0. The van der Waals surface area contributed by atoms with Crippen molar-refractivity contribution in [3.8, 4) is 79.4 Å². The van der Waals surface area contributed by atoms with Gasteiger partial charge in [-0.25, -0.2) is 0 Å². The first-order valence-corrected chi connectivity index (χ1v) is 17.3. The minimum Gasteiger partial charge on any atom is -0.504 e. The highest BCUT2D eigenvalue weighted by molar-refractivity contribution is 6.31. The predicted octanol–water partition coefficient (Wildman–Crippen LogP) is 10.8. The van der Waals surface area contributed by atoms with Crippen molar-refractivity contribution in [2.24, 2.45) is 0 Å². The van der Waals surface area contributed by atoms with Gasteiger partial charge < -0.3 is 45.3 Å². The third-order valence-corrected chi connectivity index (χ3v) is 10.7. The maximum atomic E-state index is 11.7. The maximum absolute atomic E-state index is 11.7. The van der Waals surface area contributed by atoms with Crippen molar-refractivity contribution >= 4 is 65.0 Å². The number of phenols is 8. The Bertz CT molecular complexity index is 3210. The summed E-state index contributed by atoms with van der Waals surface area (Å²) in [5.74, 6) is -7.51. The molecular weight excluding hydrogens is 696 g/mol. The number of rotatable bonds is 3. The van der Waals surface area contributed by atoms with E-state index < -0.39 is 46.0 Å². The van der Waals surface area contributed by atoms with Crippen molar-refractivity contribution in [3.05, 3.63) is 121 Å². The normalized spacial score (nSPS) is 11.9. The molecule has 8 N–H and O–H groups in total. The molecule has 0 amide bonds. The van der Waals surface area contributed by atoms with Gasteiger partial charge in [0.2, 0.25) is 23.0 Å². The summed E-state index contributed by atoms with van der Waals surface area (Å²) >= 11 is 0. The number of fused-ring (bicyclic) bond motifs is 8. The molecule has 9 heteroatoms. The lowest BCUT2D eigenvalue weighted by atomic mass is 9.82. The largest absolute Gasteiger partial charge is 0.504 e. The SMILES string of the molecule is Oc1c(O)c(O)c2c(-c3cccc4oc5ccccc5c34)c3c(O)c(O)c(O)c(O)c3c(-c3ccc(-c4ccc5c(ccc6ccccc65)c4)cc3)c2c1O. The molecule has 0 atom stereocenters. The van der Waals surface area contributed by atoms with Gasteiger partial charge in [-0.1, -0.05) is 103 Å². The molecule has 9 aromatic carbocycles. The molecule has 0 spiro atoms. The van der Waals surface area contributed by atoms with Crippen molar-refractivity contribution in [1.82, 2.24) is 0 Å². The van der Waals surface area contributed by atoms with Gasteiger partial charge in [-0.3, -0.25) is 0 Å². The molecule has 0 fully saturated rings. The van der Waals surface area contributed by atoms with E-state index in [9.17, 15) is 40.9 Å². The maximum Gasteiger partial charge on any atom is 0.204 e. The first-order valence-electron chi connectivity index (χ1n) is 17.3. The van der Waals surface area contributed by atoms with E-state index in [0.29, 0.717) is 33.1 Å². The number of furan rings is 1. The third kappa shape index (κ3) is 4.35. The van der Waals surface area contributed by atoms with Crippen LogP contribution in [0.1, 0.15) is 0 Å². The molecule has 266 valence electrons. The van der Waals surface area contributed by atoms with Gasteiger partial charge in [-0.05, 0) is 62.0 Å². The Kier molecular flexibility index (Phi) is 6.59. The minimum atomic E-state index is -1.04. The van der Waals surface area contributed by atoms with Gasteiger partial charge in [-0.15, -0.1) is 0 Å². The standard InChI is InChI=1S/C46H28O9/c47-39-35-32(23-15-12-21(13-16-23)24-18-19-27-25(20-24)17-14-22-6-1-2-7-26(22)27)36-38(42(50)46(54)44(52)40(36)48)34(37(35)41(49)45(53)43(39)51)29-9-5-11-31-33(29)28-8-3-4-10-30(28)55-31/h1-20,47-54H. The summed E-state index contributed by atoms with van der Waals surface area (Å²) in [5, 5.41) is 95.3. The number of hydrogen-bond donors (Lipinski definition) is 8. The smallest absolute Gasteiger partial charge is 0.204 e. The zero-order valence-electron chi connectivity index (χ0n) is 28.5. The van der Waals surface area contributed by atoms with Crippen LogP contribution < -0.4 is 0 Å². The molecule has 1 heterocycles.